The number of nitrogens with zero attached hydrogens (tertiary/aromatic N) is 1. The Morgan fingerprint density at radius 1 is 1.00 bits per heavy atom. The van der Waals surface area contributed by atoms with Gasteiger partial charge in [-0.1, -0.05) is 56.0 Å². The van der Waals surface area contributed by atoms with Gasteiger partial charge < -0.3 is 0 Å². The highest BCUT2D eigenvalue weighted by Gasteiger charge is 2.30. The molecule has 1 saturated carbocycles. The van der Waals surface area contributed by atoms with Crippen LogP contribution in [-0.4, -0.2) is 0 Å². The summed E-state index contributed by atoms with van der Waals surface area (Å²) in [6.07, 6.45) is 10.7. The summed E-state index contributed by atoms with van der Waals surface area (Å²) in [5, 5.41) is 9.51. The number of hydrogen-bond donors (Lipinski definition) is 0. The zero-order valence-electron chi connectivity index (χ0n) is 11.2. The van der Waals surface area contributed by atoms with E-state index in [1.807, 2.05) is 0 Å². The summed E-state index contributed by atoms with van der Waals surface area (Å²) in [6, 6.07) is 13.3. The average Bonchev–Trinajstić information content (AvgIpc) is 2.66. The molecular formula is C17H23N. The minimum Gasteiger partial charge on any atom is -0.198 e. The lowest BCUT2D eigenvalue weighted by Gasteiger charge is -2.24. The number of aryl methyl sites for hydroxylation is 1. The van der Waals surface area contributed by atoms with E-state index in [2.05, 4.69) is 36.4 Å². The van der Waals surface area contributed by atoms with Crippen LogP contribution in [0.1, 0.15) is 56.9 Å². The van der Waals surface area contributed by atoms with Crippen molar-refractivity contribution in [3.8, 4) is 6.07 Å². The van der Waals surface area contributed by atoms with E-state index in [-0.39, 0.29) is 5.41 Å². The lowest BCUT2D eigenvalue weighted by Crippen LogP contribution is -2.17. The van der Waals surface area contributed by atoms with Gasteiger partial charge >= 0.3 is 0 Å². The van der Waals surface area contributed by atoms with Crippen molar-refractivity contribution < 1.29 is 0 Å². The molecule has 1 aromatic rings. The summed E-state index contributed by atoms with van der Waals surface area (Å²) in [4.78, 5) is 0. The minimum absolute atomic E-state index is 0.00865. The average molecular weight is 241 g/mol. The first-order valence-corrected chi connectivity index (χ1v) is 7.30. The fourth-order valence-electron chi connectivity index (χ4n) is 3.10. The van der Waals surface area contributed by atoms with Crippen molar-refractivity contribution in [1.29, 1.82) is 5.26 Å². The van der Waals surface area contributed by atoms with Crippen molar-refractivity contribution in [3.63, 3.8) is 0 Å². The Bertz CT molecular complexity index is 380. The van der Waals surface area contributed by atoms with Crippen molar-refractivity contribution in [1.82, 2.24) is 0 Å². The lowest BCUT2D eigenvalue weighted by atomic mass is 9.77. The first-order chi connectivity index (χ1) is 8.85. The SMILES string of the molecule is N#CC1(CCCc2ccccc2)CCCCCC1. The Hall–Kier alpha value is -1.29. The predicted molar refractivity (Wildman–Crippen MR) is 75.1 cm³/mol. The third-order valence-electron chi connectivity index (χ3n) is 4.26. The smallest absolute Gasteiger partial charge is 0.0689 e. The molecule has 1 fully saturated rings. The Balaban J connectivity index is 1.85. The van der Waals surface area contributed by atoms with Crippen molar-refractivity contribution >= 4 is 0 Å². The van der Waals surface area contributed by atoms with E-state index >= 15 is 0 Å². The van der Waals surface area contributed by atoms with Crippen molar-refractivity contribution in [2.24, 2.45) is 5.41 Å². The third kappa shape index (κ3) is 3.60. The van der Waals surface area contributed by atoms with Gasteiger partial charge in [0.15, 0.2) is 0 Å². The van der Waals surface area contributed by atoms with E-state index in [1.54, 1.807) is 0 Å². The van der Waals surface area contributed by atoms with Crippen molar-refractivity contribution in [3.05, 3.63) is 35.9 Å². The van der Waals surface area contributed by atoms with Gasteiger partial charge in [0, 0.05) is 0 Å². The summed E-state index contributed by atoms with van der Waals surface area (Å²) in [5.74, 6) is 0. The van der Waals surface area contributed by atoms with Crippen LogP contribution in [-0.2, 0) is 6.42 Å². The van der Waals surface area contributed by atoms with Crippen LogP contribution in [0.4, 0.5) is 0 Å². The van der Waals surface area contributed by atoms with Crippen LogP contribution in [0, 0.1) is 16.7 Å². The topological polar surface area (TPSA) is 23.8 Å². The van der Waals surface area contributed by atoms with Gasteiger partial charge in [0.1, 0.15) is 0 Å². The van der Waals surface area contributed by atoms with Gasteiger partial charge in [-0.05, 0) is 37.7 Å². The molecule has 0 spiro atoms. The second-order valence-electron chi connectivity index (χ2n) is 5.65. The quantitative estimate of drug-likeness (QED) is 0.690. The van der Waals surface area contributed by atoms with Crippen LogP contribution in [0.25, 0.3) is 0 Å². The van der Waals surface area contributed by atoms with Gasteiger partial charge in [-0.2, -0.15) is 5.26 Å². The highest BCUT2D eigenvalue weighted by atomic mass is 14.4. The van der Waals surface area contributed by atoms with E-state index in [1.165, 1.54) is 31.2 Å². The molecule has 0 bridgehead atoms. The zero-order chi connectivity index (χ0) is 12.7. The molecule has 0 aromatic heterocycles. The second kappa shape index (κ2) is 6.59. The molecule has 0 atom stereocenters. The molecule has 0 radical (unpaired) electrons. The third-order valence-corrected chi connectivity index (χ3v) is 4.26. The van der Waals surface area contributed by atoms with Gasteiger partial charge in [-0.25, -0.2) is 0 Å². The van der Waals surface area contributed by atoms with Crippen LogP contribution < -0.4 is 0 Å². The summed E-state index contributed by atoms with van der Waals surface area (Å²) in [5.41, 5.74) is 1.39. The molecule has 1 heteroatoms. The number of hydrogen-bond acceptors (Lipinski definition) is 1. The Kier molecular flexibility index (Phi) is 4.81. The Labute approximate surface area is 111 Å². The highest BCUT2D eigenvalue weighted by Crippen LogP contribution is 2.38. The largest absolute Gasteiger partial charge is 0.198 e. The first kappa shape index (κ1) is 13.1. The summed E-state index contributed by atoms with van der Waals surface area (Å²) in [6.45, 7) is 0. The van der Waals surface area contributed by atoms with Crippen LogP contribution in [0.5, 0.6) is 0 Å². The number of benzene rings is 1. The van der Waals surface area contributed by atoms with Crippen LogP contribution in [0.15, 0.2) is 30.3 Å². The van der Waals surface area contributed by atoms with Crippen LogP contribution in [0.2, 0.25) is 0 Å². The Morgan fingerprint density at radius 2 is 1.67 bits per heavy atom. The molecule has 1 aromatic carbocycles. The molecule has 0 saturated heterocycles. The van der Waals surface area contributed by atoms with E-state index in [0.717, 1.165) is 32.1 Å². The van der Waals surface area contributed by atoms with E-state index in [4.69, 9.17) is 0 Å². The molecule has 18 heavy (non-hydrogen) atoms. The molecule has 0 amide bonds. The summed E-state index contributed by atoms with van der Waals surface area (Å²) < 4.78 is 0. The van der Waals surface area contributed by atoms with E-state index in [0.29, 0.717) is 0 Å². The van der Waals surface area contributed by atoms with Gasteiger partial charge in [-0.15, -0.1) is 0 Å². The molecule has 2 rings (SSSR count). The monoisotopic (exact) mass is 241 g/mol. The van der Waals surface area contributed by atoms with Gasteiger partial charge in [0.2, 0.25) is 0 Å². The molecule has 96 valence electrons. The fraction of sp³-hybridized carbons (Fsp3) is 0.588. The maximum absolute atomic E-state index is 9.51. The molecule has 0 aliphatic heterocycles. The lowest BCUT2D eigenvalue weighted by molar-refractivity contribution is 0.307. The maximum atomic E-state index is 9.51. The van der Waals surface area contributed by atoms with E-state index < -0.39 is 0 Å². The summed E-state index contributed by atoms with van der Waals surface area (Å²) >= 11 is 0. The molecule has 1 nitrogen and oxygen atoms in total. The number of nitriles is 1. The number of rotatable bonds is 4. The standard InChI is InChI=1S/C17H23N/c18-15-17(12-6-1-2-7-13-17)14-8-11-16-9-4-3-5-10-16/h3-5,9-10H,1-2,6-8,11-14H2. The van der Waals surface area contributed by atoms with Crippen molar-refractivity contribution in [2.45, 2.75) is 57.8 Å². The van der Waals surface area contributed by atoms with Crippen LogP contribution in [0.3, 0.4) is 0 Å². The van der Waals surface area contributed by atoms with E-state index in [9.17, 15) is 5.26 Å². The van der Waals surface area contributed by atoms with Gasteiger partial charge in [-0.3, -0.25) is 0 Å². The fourth-order valence-corrected chi connectivity index (χ4v) is 3.10. The molecule has 1 aliphatic carbocycles. The maximum Gasteiger partial charge on any atom is 0.0689 e. The van der Waals surface area contributed by atoms with Crippen molar-refractivity contribution in [2.75, 3.05) is 0 Å². The molecule has 0 N–H and O–H groups in total. The second-order valence-corrected chi connectivity index (χ2v) is 5.65. The zero-order valence-corrected chi connectivity index (χ0v) is 11.2. The molecule has 0 heterocycles. The first-order valence-electron chi connectivity index (χ1n) is 7.30. The van der Waals surface area contributed by atoms with Gasteiger partial charge in [0.25, 0.3) is 0 Å². The highest BCUT2D eigenvalue weighted by molar-refractivity contribution is 5.14. The minimum atomic E-state index is -0.00865. The summed E-state index contributed by atoms with van der Waals surface area (Å²) in [7, 11) is 0. The Morgan fingerprint density at radius 3 is 2.28 bits per heavy atom. The predicted octanol–water partition coefficient (Wildman–Crippen LogP) is 4.87. The molecular weight excluding hydrogens is 218 g/mol. The van der Waals surface area contributed by atoms with Crippen LogP contribution >= 0.6 is 0 Å². The van der Waals surface area contributed by atoms with Gasteiger partial charge in [0.05, 0.1) is 11.5 Å². The molecule has 0 unspecified atom stereocenters. The normalized spacial score (nSPS) is 18.8. The molecule has 1 aliphatic rings.